The van der Waals surface area contributed by atoms with E-state index in [0.717, 1.165) is 49.7 Å². The smallest absolute Gasteiger partial charge is 0.105 e. The summed E-state index contributed by atoms with van der Waals surface area (Å²) in [7, 11) is 4.13. The maximum atomic E-state index is 4.81. The van der Waals surface area contributed by atoms with E-state index in [4.69, 9.17) is 5.10 Å². The highest BCUT2D eigenvalue weighted by Gasteiger charge is 2.22. The summed E-state index contributed by atoms with van der Waals surface area (Å²) in [5.74, 6) is 1.07. The van der Waals surface area contributed by atoms with Crippen molar-refractivity contribution in [2.75, 3.05) is 13.1 Å². The Hall–Kier alpha value is -2.40. The lowest BCUT2D eigenvalue weighted by atomic mass is 10.0. The minimum absolute atomic E-state index is 0.920. The minimum Gasteiger partial charge on any atom is -0.338 e. The fourth-order valence-electron chi connectivity index (χ4n) is 3.75. The van der Waals surface area contributed by atoms with Gasteiger partial charge in [-0.15, -0.1) is 0 Å². The Kier molecular flexibility index (Phi) is 4.17. The molecule has 0 unspecified atom stereocenters. The van der Waals surface area contributed by atoms with Crippen LogP contribution in [0, 0.1) is 6.92 Å². The van der Waals surface area contributed by atoms with Gasteiger partial charge in [0.05, 0.1) is 11.4 Å². The van der Waals surface area contributed by atoms with Crippen LogP contribution in [0.5, 0.6) is 0 Å². The summed E-state index contributed by atoms with van der Waals surface area (Å²) in [4.78, 5) is 7.17. The molecule has 0 amide bonds. The lowest BCUT2D eigenvalue weighted by Crippen LogP contribution is -2.26. The van der Waals surface area contributed by atoms with E-state index in [9.17, 15) is 0 Å². The first kappa shape index (κ1) is 16.1. The first-order valence-electron chi connectivity index (χ1n) is 8.93. The largest absolute Gasteiger partial charge is 0.338 e. The van der Waals surface area contributed by atoms with Gasteiger partial charge in [0, 0.05) is 63.2 Å². The third-order valence-corrected chi connectivity index (χ3v) is 5.21. The van der Waals surface area contributed by atoms with Crippen LogP contribution in [-0.4, -0.2) is 37.3 Å². The Morgan fingerprint density at radius 1 is 1.04 bits per heavy atom. The van der Waals surface area contributed by atoms with Crippen molar-refractivity contribution < 1.29 is 0 Å². The van der Waals surface area contributed by atoms with Crippen LogP contribution in [0.15, 0.2) is 36.5 Å². The second-order valence-corrected chi connectivity index (χ2v) is 6.93. The minimum atomic E-state index is 0.920. The zero-order chi connectivity index (χ0) is 17.4. The van der Waals surface area contributed by atoms with E-state index in [2.05, 4.69) is 76.7 Å². The van der Waals surface area contributed by atoms with Crippen molar-refractivity contribution in [2.45, 2.75) is 26.3 Å². The van der Waals surface area contributed by atoms with Crippen molar-refractivity contribution in [3.8, 4) is 11.3 Å². The van der Waals surface area contributed by atoms with Crippen molar-refractivity contribution in [1.29, 1.82) is 0 Å². The molecule has 0 aliphatic carbocycles. The van der Waals surface area contributed by atoms with Crippen LogP contribution >= 0.6 is 0 Å². The Morgan fingerprint density at radius 2 is 1.80 bits per heavy atom. The summed E-state index contributed by atoms with van der Waals surface area (Å²) in [6, 6.07) is 10.5. The summed E-state index contributed by atoms with van der Waals surface area (Å²) in [5.41, 5.74) is 6.31. The Morgan fingerprint density at radius 3 is 2.52 bits per heavy atom. The average Bonchev–Trinajstić information content (AvgIpc) is 3.00. The van der Waals surface area contributed by atoms with Crippen LogP contribution in [0.4, 0.5) is 0 Å². The quantitative estimate of drug-likeness (QED) is 0.739. The fraction of sp³-hybridized carbons (Fsp3) is 0.400. The first-order chi connectivity index (χ1) is 12.1. The summed E-state index contributed by atoms with van der Waals surface area (Å²) < 4.78 is 4.17. The van der Waals surface area contributed by atoms with Gasteiger partial charge in [-0.05, 0) is 13.3 Å². The SMILES string of the molecule is Cc1nc(CN2CCc3c(-c4ccccc4)nn(C)c3CC2)cn1C. The molecule has 0 saturated carbocycles. The van der Waals surface area contributed by atoms with Gasteiger partial charge in [0.15, 0.2) is 0 Å². The number of imidazole rings is 1. The molecule has 1 aliphatic rings. The van der Waals surface area contributed by atoms with Crippen LogP contribution in [-0.2, 0) is 33.5 Å². The number of aryl methyl sites for hydroxylation is 3. The molecule has 4 rings (SSSR count). The van der Waals surface area contributed by atoms with Crippen molar-refractivity contribution >= 4 is 0 Å². The number of hydrogen-bond acceptors (Lipinski definition) is 3. The molecule has 0 spiro atoms. The predicted molar refractivity (Wildman–Crippen MR) is 99.3 cm³/mol. The molecule has 3 heterocycles. The predicted octanol–water partition coefficient (Wildman–Crippen LogP) is 2.73. The molecular weight excluding hydrogens is 310 g/mol. The molecule has 0 radical (unpaired) electrons. The molecule has 130 valence electrons. The van der Waals surface area contributed by atoms with Crippen molar-refractivity contribution in [2.24, 2.45) is 14.1 Å². The van der Waals surface area contributed by atoms with E-state index in [1.165, 1.54) is 16.8 Å². The molecule has 0 fully saturated rings. The van der Waals surface area contributed by atoms with Gasteiger partial charge >= 0.3 is 0 Å². The van der Waals surface area contributed by atoms with E-state index in [-0.39, 0.29) is 0 Å². The molecule has 2 aromatic heterocycles. The normalized spacial score (nSPS) is 15.2. The molecule has 1 aliphatic heterocycles. The lowest BCUT2D eigenvalue weighted by Gasteiger charge is -2.18. The highest BCUT2D eigenvalue weighted by Crippen LogP contribution is 2.28. The molecular formula is C20H25N5. The number of benzene rings is 1. The zero-order valence-corrected chi connectivity index (χ0v) is 15.2. The first-order valence-corrected chi connectivity index (χ1v) is 8.93. The van der Waals surface area contributed by atoms with Gasteiger partial charge in [-0.2, -0.15) is 5.10 Å². The number of nitrogens with zero attached hydrogens (tertiary/aromatic N) is 5. The number of rotatable bonds is 3. The van der Waals surface area contributed by atoms with E-state index >= 15 is 0 Å². The molecule has 0 atom stereocenters. The standard InChI is InChI=1S/C20H25N5/c1-15-21-17(13-23(15)2)14-25-11-9-18-19(10-12-25)24(3)22-20(18)16-7-5-4-6-8-16/h4-8,13H,9-12,14H2,1-3H3. The second kappa shape index (κ2) is 6.48. The zero-order valence-electron chi connectivity index (χ0n) is 15.2. The van der Waals surface area contributed by atoms with Gasteiger partial charge in [-0.25, -0.2) is 4.98 Å². The van der Waals surface area contributed by atoms with E-state index < -0.39 is 0 Å². The van der Waals surface area contributed by atoms with Gasteiger partial charge in [0.1, 0.15) is 5.82 Å². The van der Waals surface area contributed by atoms with E-state index in [1.807, 2.05) is 0 Å². The average molecular weight is 335 g/mol. The topological polar surface area (TPSA) is 38.9 Å². The molecule has 25 heavy (non-hydrogen) atoms. The van der Waals surface area contributed by atoms with Crippen LogP contribution in [0.1, 0.15) is 22.8 Å². The van der Waals surface area contributed by atoms with Crippen LogP contribution in [0.3, 0.4) is 0 Å². The maximum absolute atomic E-state index is 4.81. The lowest BCUT2D eigenvalue weighted by molar-refractivity contribution is 0.275. The van der Waals surface area contributed by atoms with E-state index in [1.54, 1.807) is 0 Å². The van der Waals surface area contributed by atoms with E-state index in [0.29, 0.717) is 0 Å². The van der Waals surface area contributed by atoms with Crippen LogP contribution in [0.25, 0.3) is 11.3 Å². The van der Waals surface area contributed by atoms with Gasteiger partial charge in [-0.3, -0.25) is 9.58 Å². The van der Waals surface area contributed by atoms with Crippen molar-refractivity contribution in [3.63, 3.8) is 0 Å². The van der Waals surface area contributed by atoms with Gasteiger partial charge < -0.3 is 4.57 Å². The molecule has 5 nitrogen and oxygen atoms in total. The molecule has 0 saturated heterocycles. The Bertz CT molecular complexity index is 856. The van der Waals surface area contributed by atoms with Crippen molar-refractivity contribution in [1.82, 2.24) is 24.2 Å². The third-order valence-electron chi connectivity index (χ3n) is 5.21. The summed E-state index contributed by atoms with van der Waals surface area (Å²) >= 11 is 0. The monoisotopic (exact) mass is 335 g/mol. The van der Waals surface area contributed by atoms with Crippen molar-refractivity contribution in [3.05, 3.63) is 59.3 Å². The van der Waals surface area contributed by atoms with Gasteiger partial charge in [0.2, 0.25) is 0 Å². The molecule has 1 aromatic carbocycles. The molecule has 5 heteroatoms. The summed E-state index contributed by atoms with van der Waals surface area (Å²) in [6.45, 7) is 5.08. The van der Waals surface area contributed by atoms with Gasteiger partial charge in [0.25, 0.3) is 0 Å². The molecule has 3 aromatic rings. The molecule has 0 bridgehead atoms. The molecule has 0 N–H and O–H groups in total. The second-order valence-electron chi connectivity index (χ2n) is 6.93. The summed E-state index contributed by atoms with van der Waals surface area (Å²) in [5, 5.41) is 4.81. The highest BCUT2D eigenvalue weighted by molar-refractivity contribution is 5.64. The number of aromatic nitrogens is 4. The van der Waals surface area contributed by atoms with Gasteiger partial charge in [-0.1, -0.05) is 30.3 Å². The highest BCUT2D eigenvalue weighted by atomic mass is 15.3. The van der Waals surface area contributed by atoms with Crippen LogP contribution in [0.2, 0.25) is 0 Å². The fourth-order valence-corrected chi connectivity index (χ4v) is 3.75. The van der Waals surface area contributed by atoms with Crippen LogP contribution < -0.4 is 0 Å². The summed E-state index contributed by atoms with van der Waals surface area (Å²) in [6.07, 6.45) is 4.22. The number of fused-ring (bicyclic) bond motifs is 1. The Labute approximate surface area is 148 Å². The third kappa shape index (κ3) is 3.12. The number of hydrogen-bond donors (Lipinski definition) is 0. The maximum Gasteiger partial charge on any atom is 0.105 e. The Balaban J connectivity index is 1.56.